The Morgan fingerprint density at radius 2 is 2.18 bits per heavy atom. The van der Waals surface area contributed by atoms with Crippen molar-refractivity contribution in [2.45, 2.75) is 38.6 Å². The van der Waals surface area contributed by atoms with Gasteiger partial charge in [0.05, 0.1) is 6.54 Å². The fourth-order valence-electron chi connectivity index (χ4n) is 1.84. The van der Waals surface area contributed by atoms with Gasteiger partial charge in [-0.1, -0.05) is 6.92 Å². The van der Waals surface area contributed by atoms with Gasteiger partial charge in [0.15, 0.2) is 0 Å². The van der Waals surface area contributed by atoms with Gasteiger partial charge >= 0.3 is 0 Å². The van der Waals surface area contributed by atoms with Crippen LogP contribution in [0, 0.1) is 0 Å². The fourth-order valence-corrected chi connectivity index (χ4v) is 1.84. The van der Waals surface area contributed by atoms with Crippen LogP contribution in [0.5, 0.6) is 0 Å². The van der Waals surface area contributed by atoms with Crippen molar-refractivity contribution in [1.82, 2.24) is 10.2 Å². The van der Waals surface area contributed by atoms with Gasteiger partial charge in [0.25, 0.3) is 0 Å². The number of carbonyl (C=O) groups excluding carboxylic acids is 2. The second-order valence-electron chi connectivity index (χ2n) is 4.27. The average Bonchev–Trinajstić information content (AvgIpc) is 2.26. The summed E-state index contributed by atoms with van der Waals surface area (Å²) in [5.41, 5.74) is 5.79. The third-order valence-corrected chi connectivity index (χ3v) is 2.72. The number of piperidine rings is 1. The molecule has 1 unspecified atom stereocenters. The zero-order chi connectivity index (χ0) is 12.0. The number of nitrogens with two attached hydrogens (primary N) is 1. The molecule has 0 aromatic rings. The van der Waals surface area contributed by atoms with Crippen LogP contribution in [0.1, 0.15) is 32.6 Å². The quantitative estimate of drug-likeness (QED) is 0.765. The highest BCUT2D eigenvalue weighted by molar-refractivity contribution is 5.85. The lowest BCUT2D eigenvalue weighted by atomic mass is 10.1. The van der Waals surface area contributed by atoms with Gasteiger partial charge in [-0.15, -0.1) is 12.4 Å². The molecule has 0 aromatic heterocycles. The molecule has 6 heteroatoms. The third kappa shape index (κ3) is 5.89. The van der Waals surface area contributed by atoms with E-state index in [-0.39, 0.29) is 36.8 Å². The summed E-state index contributed by atoms with van der Waals surface area (Å²) in [4.78, 5) is 24.6. The molecule has 1 fully saturated rings. The fraction of sp³-hybridized carbons (Fsp3) is 0.818. The standard InChI is InChI=1S/C11H21N3O2.ClH/c1-2-4-10(15)13-7-11(16)14-6-3-5-9(12)8-14;/h9H,2-8,12H2,1H3,(H,13,15);1H. The molecule has 17 heavy (non-hydrogen) atoms. The summed E-state index contributed by atoms with van der Waals surface area (Å²) >= 11 is 0. The first-order valence-corrected chi connectivity index (χ1v) is 5.93. The highest BCUT2D eigenvalue weighted by Crippen LogP contribution is 2.07. The number of hydrogen-bond donors (Lipinski definition) is 2. The van der Waals surface area contributed by atoms with Crippen molar-refractivity contribution in [3.8, 4) is 0 Å². The predicted octanol–water partition coefficient (Wildman–Crippen LogP) is 0.274. The highest BCUT2D eigenvalue weighted by atomic mass is 35.5. The molecule has 1 atom stereocenters. The minimum atomic E-state index is -0.0582. The maximum atomic E-state index is 11.7. The Morgan fingerprint density at radius 1 is 1.47 bits per heavy atom. The van der Waals surface area contributed by atoms with Crippen LogP contribution in [0.2, 0.25) is 0 Å². The van der Waals surface area contributed by atoms with E-state index in [1.807, 2.05) is 6.92 Å². The number of likely N-dealkylation sites (tertiary alicyclic amines) is 1. The van der Waals surface area contributed by atoms with Gasteiger partial charge in [-0.25, -0.2) is 0 Å². The first-order chi connectivity index (χ1) is 7.63. The van der Waals surface area contributed by atoms with Gasteiger partial charge in [-0.3, -0.25) is 9.59 Å². The van der Waals surface area contributed by atoms with E-state index in [4.69, 9.17) is 5.73 Å². The molecule has 0 spiro atoms. The minimum absolute atomic E-state index is 0. The Balaban J connectivity index is 0.00000256. The number of carbonyl (C=O) groups is 2. The summed E-state index contributed by atoms with van der Waals surface area (Å²) in [5.74, 6) is -0.0863. The first-order valence-electron chi connectivity index (χ1n) is 5.93. The molecule has 1 rings (SSSR count). The maximum absolute atomic E-state index is 11.7. The number of nitrogens with zero attached hydrogens (tertiary/aromatic N) is 1. The van der Waals surface area contributed by atoms with Crippen molar-refractivity contribution >= 4 is 24.2 Å². The van der Waals surface area contributed by atoms with E-state index in [1.165, 1.54) is 0 Å². The first kappa shape index (κ1) is 16.2. The van der Waals surface area contributed by atoms with Crippen molar-refractivity contribution in [1.29, 1.82) is 0 Å². The van der Waals surface area contributed by atoms with Crippen LogP contribution in [0.4, 0.5) is 0 Å². The lowest BCUT2D eigenvalue weighted by molar-refractivity contribution is -0.133. The van der Waals surface area contributed by atoms with Crippen molar-refractivity contribution in [2.75, 3.05) is 19.6 Å². The van der Waals surface area contributed by atoms with E-state index in [0.29, 0.717) is 13.0 Å². The lowest BCUT2D eigenvalue weighted by Gasteiger charge is -2.30. The molecule has 0 bridgehead atoms. The molecule has 1 aliphatic rings. The minimum Gasteiger partial charge on any atom is -0.347 e. The molecule has 0 aromatic carbocycles. The molecule has 1 saturated heterocycles. The van der Waals surface area contributed by atoms with Crippen molar-refractivity contribution in [3.05, 3.63) is 0 Å². The van der Waals surface area contributed by atoms with Crippen molar-refractivity contribution in [2.24, 2.45) is 5.73 Å². The van der Waals surface area contributed by atoms with Crippen LogP contribution in [0.3, 0.4) is 0 Å². The maximum Gasteiger partial charge on any atom is 0.242 e. The van der Waals surface area contributed by atoms with Crippen molar-refractivity contribution < 1.29 is 9.59 Å². The molecule has 1 heterocycles. The Morgan fingerprint density at radius 3 is 2.76 bits per heavy atom. The van der Waals surface area contributed by atoms with E-state index < -0.39 is 0 Å². The predicted molar refractivity (Wildman–Crippen MR) is 69.0 cm³/mol. The average molecular weight is 264 g/mol. The molecule has 1 aliphatic heterocycles. The second kappa shape index (κ2) is 8.31. The molecular formula is C11H22ClN3O2. The second-order valence-corrected chi connectivity index (χ2v) is 4.27. The number of amides is 2. The number of halogens is 1. The van der Waals surface area contributed by atoms with Gasteiger partial charge in [-0.05, 0) is 19.3 Å². The van der Waals surface area contributed by atoms with Crippen LogP contribution in [-0.4, -0.2) is 42.4 Å². The summed E-state index contributed by atoms with van der Waals surface area (Å²) in [6, 6.07) is 0.0871. The van der Waals surface area contributed by atoms with Crippen LogP contribution in [-0.2, 0) is 9.59 Å². The molecule has 0 aliphatic carbocycles. The van der Waals surface area contributed by atoms with Crippen LogP contribution < -0.4 is 11.1 Å². The Hall–Kier alpha value is -0.810. The monoisotopic (exact) mass is 263 g/mol. The normalized spacial score (nSPS) is 19.4. The molecule has 2 amide bonds. The summed E-state index contributed by atoms with van der Waals surface area (Å²) in [6.45, 7) is 3.41. The topological polar surface area (TPSA) is 75.4 Å². The summed E-state index contributed by atoms with van der Waals surface area (Å²) in [6.07, 6.45) is 3.21. The summed E-state index contributed by atoms with van der Waals surface area (Å²) in [7, 11) is 0. The zero-order valence-corrected chi connectivity index (χ0v) is 11.1. The molecular weight excluding hydrogens is 242 g/mol. The van der Waals surface area contributed by atoms with Crippen LogP contribution in [0.15, 0.2) is 0 Å². The Bertz CT molecular complexity index is 261. The lowest BCUT2D eigenvalue weighted by Crippen LogP contribution is -2.48. The van der Waals surface area contributed by atoms with E-state index in [1.54, 1.807) is 4.90 Å². The number of hydrogen-bond acceptors (Lipinski definition) is 3. The third-order valence-electron chi connectivity index (χ3n) is 2.72. The molecule has 100 valence electrons. The molecule has 5 nitrogen and oxygen atoms in total. The van der Waals surface area contributed by atoms with Crippen molar-refractivity contribution in [3.63, 3.8) is 0 Å². The summed E-state index contributed by atoms with van der Waals surface area (Å²) in [5, 5.41) is 2.62. The van der Waals surface area contributed by atoms with E-state index in [0.717, 1.165) is 25.8 Å². The molecule has 0 radical (unpaired) electrons. The Labute approximate surface area is 109 Å². The molecule has 0 saturated carbocycles. The van der Waals surface area contributed by atoms with Crippen LogP contribution >= 0.6 is 12.4 Å². The van der Waals surface area contributed by atoms with Gasteiger partial charge < -0.3 is 16.0 Å². The van der Waals surface area contributed by atoms with Gasteiger partial charge in [0.2, 0.25) is 11.8 Å². The number of nitrogens with one attached hydrogen (secondary N) is 1. The van der Waals surface area contributed by atoms with Gasteiger partial charge in [0, 0.05) is 25.6 Å². The highest BCUT2D eigenvalue weighted by Gasteiger charge is 2.20. The van der Waals surface area contributed by atoms with Gasteiger partial charge in [0.1, 0.15) is 0 Å². The summed E-state index contributed by atoms with van der Waals surface area (Å²) < 4.78 is 0. The smallest absolute Gasteiger partial charge is 0.242 e. The molecule has 3 N–H and O–H groups in total. The number of rotatable bonds is 4. The largest absolute Gasteiger partial charge is 0.347 e. The van der Waals surface area contributed by atoms with E-state index >= 15 is 0 Å². The zero-order valence-electron chi connectivity index (χ0n) is 10.3. The van der Waals surface area contributed by atoms with E-state index in [9.17, 15) is 9.59 Å². The SMILES string of the molecule is CCCC(=O)NCC(=O)N1CCCC(N)C1.Cl. The van der Waals surface area contributed by atoms with Crippen LogP contribution in [0.25, 0.3) is 0 Å². The Kier molecular flexibility index (Phi) is 7.91. The van der Waals surface area contributed by atoms with Gasteiger partial charge in [-0.2, -0.15) is 0 Å². The van der Waals surface area contributed by atoms with E-state index in [2.05, 4.69) is 5.32 Å².